The zero-order chi connectivity index (χ0) is 15.9. The summed E-state index contributed by atoms with van der Waals surface area (Å²) in [5.74, 6) is 0.919. The fourth-order valence-corrected chi connectivity index (χ4v) is 3.59. The summed E-state index contributed by atoms with van der Waals surface area (Å²) in [5, 5.41) is 3.46. The van der Waals surface area contributed by atoms with Crippen molar-refractivity contribution in [2.24, 2.45) is 0 Å². The molecular weight excluding hydrogens is 406 g/mol. The van der Waals surface area contributed by atoms with Gasteiger partial charge in [-0.3, -0.25) is 0 Å². The summed E-state index contributed by atoms with van der Waals surface area (Å²) in [6, 6.07) is 12.7. The zero-order valence-corrected chi connectivity index (χ0v) is 16.1. The van der Waals surface area contributed by atoms with Crippen LogP contribution in [0, 0.1) is 0 Å². The molecule has 2 nitrogen and oxygen atoms in total. The highest BCUT2D eigenvalue weighted by Crippen LogP contribution is 2.33. The molecule has 0 saturated heterocycles. The highest BCUT2D eigenvalue weighted by Gasteiger charge is 2.10. The zero-order valence-electron chi connectivity index (χ0n) is 13.0. The lowest BCUT2D eigenvalue weighted by Crippen LogP contribution is -2.05. The molecule has 0 radical (unpaired) electrons. The van der Waals surface area contributed by atoms with Crippen LogP contribution in [0.25, 0.3) is 0 Å². The van der Waals surface area contributed by atoms with Gasteiger partial charge >= 0.3 is 0 Å². The van der Waals surface area contributed by atoms with Crippen molar-refractivity contribution < 1.29 is 4.74 Å². The molecule has 2 rings (SSSR count). The van der Waals surface area contributed by atoms with Gasteiger partial charge in [0.15, 0.2) is 0 Å². The molecule has 0 aliphatic heterocycles. The number of hydrogen-bond acceptors (Lipinski definition) is 2. The SMILES string of the molecule is CCCOc1c(Br)cc(Br)cc1CNc1ccc(CC)cc1. The van der Waals surface area contributed by atoms with Gasteiger partial charge in [-0.25, -0.2) is 0 Å². The van der Waals surface area contributed by atoms with Crippen molar-refractivity contribution in [2.45, 2.75) is 33.2 Å². The van der Waals surface area contributed by atoms with E-state index in [1.165, 1.54) is 5.56 Å². The number of hydrogen-bond donors (Lipinski definition) is 1. The van der Waals surface area contributed by atoms with Gasteiger partial charge in [0.2, 0.25) is 0 Å². The Morgan fingerprint density at radius 1 is 1.05 bits per heavy atom. The van der Waals surface area contributed by atoms with Gasteiger partial charge in [0.05, 0.1) is 11.1 Å². The molecule has 0 spiro atoms. The van der Waals surface area contributed by atoms with E-state index in [-0.39, 0.29) is 0 Å². The van der Waals surface area contributed by atoms with Crippen LogP contribution in [0.3, 0.4) is 0 Å². The van der Waals surface area contributed by atoms with Crippen LogP contribution in [-0.4, -0.2) is 6.61 Å². The predicted octanol–water partition coefficient (Wildman–Crippen LogP) is 6.17. The summed E-state index contributed by atoms with van der Waals surface area (Å²) in [4.78, 5) is 0. The van der Waals surface area contributed by atoms with Gasteiger partial charge in [-0.05, 0) is 58.6 Å². The molecular formula is C18H21Br2NO. The van der Waals surface area contributed by atoms with Gasteiger partial charge in [-0.15, -0.1) is 0 Å². The summed E-state index contributed by atoms with van der Waals surface area (Å²) >= 11 is 7.14. The molecule has 0 atom stereocenters. The van der Waals surface area contributed by atoms with Crippen LogP contribution < -0.4 is 10.1 Å². The first kappa shape index (κ1) is 17.4. The van der Waals surface area contributed by atoms with Crippen LogP contribution in [0.2, 0.25) is 0 Å². The molecule has 0 amide bonds. The Morgan fingerprint density at radius 3 is 2.41 bits per heavy atom. The minimum atomic E-state index is 0.721. The summed E-state index contributed by atoms with van der Waals surface area (Å²) in [6.45, 7) is 5.72. The van der Waals surface area contributed by atoms with Crippen molar-refractivity contribution in [3.05, 3.63) is 56.5 Å². The first-order valence-electron chi connectivity index (χ1n) is 7.57. The average Bonchev–Trinajstić information content (AvgIpc) is 2.52. The quantitative estimate of drug-likeness (QED) is 0.571. The maximum atomic E-state index is 5.89. The molecule has 0 aliphatic carbocycles. The van der Waals surface area contributed by atoms with E-state index in [1.807, 2.05) is 6.07 Å². The van der Waals surface area contributed by atoms with E-state index in [1.54, 1.807) is 0 Å². The lowest BCUT2D eigenvalue weighted by molar-refractivity contribution is 0.312. The number of aryl methyl sites for hydroxylation is 1. The molecule has 0 aromatic heterocycles. The lowest BCUT2D eigenvalue weighted by Gasteiger charge is -2.15. The van der Waals surface area contributed by atoms with E-state index in [2.05, 4.69) is 81.4 Å². The third-order valence-corrected chi connectivity index (χ3v) is 4.43. The topological polar surface area (TPSA) is 21.3 Å². The molecule has 0 unspecified atom stereocenters. The van der Waals surface area contributed by atoms with Crippen LogP contribution in [0.5, 0.6) is 5.75 Å². The second kappa shape index (κ2) is 8.59. The number of ether oxygens (including phenoxy) is 1. The van der Waals surface area contributed by atoms with Gasteiger partial charge in [0.25, 0.3) is 0 Å². The minimum absolute atomic E-state index is 0.721. The van der Waals surface area contributed by atoms with E-state index in [9.17, 15) is 0 Å². The second-order valence-electron chi connectivity index (χ2n) is 5.13. The number of nitrogens with one attached hydrogen (secondary N) is 1. The first-order chi connectivity index (χ1) is 10.6. The van der Waals surface area contributed by atoms with Gasteiger partial charge < -0.3 is 10.1 Å². The molecule has 0 fully saturated rings. The number of halogens is 2. The molecule has 2 aromatic carbocycles. The average molecular weight is 427 g/mol. The third kappa shape index (κ3) is 4.75. The minimum Gasteiger partial charge on any atom is -0.492 e. The van der Waals surface area contributed by atoms with Crippen LogP contribution >= 0.6 is 31.9 Å². The van der Waals surface area contributed by atoms with Crippen LogP contribution in [0.15, 0.2) is 45.3 Å². The van der Waals surface area contributed by atoms with Gasteiger partial charge in [-0.2, -0.15) is 0 Å². The molecule has 4 heteroatoms. The highest BCUT2D eigenvalue weighted by molar-refractivity contribution is 9.11. The lowest BCUT2D eigenvalue weighted by atomic mass is 10.1. The van der Waals surface area contributed by atoms with Crippen LogP contribution in [0.1, 0.15) is 31.4 Å². The largest absolute Gasteiger partial charge is 0.492 e. The van der Waals surface area contributed by atoms with Crippen molar-refractivity contribution in [1.82, 2.24) is 0 Å². The van der Waals surface area contributed by atoms with E-state index in [0.29, 0.717) is 0 Å². The first-order valence-corrected chi connectivity index (χ1v) is 9.16. The molecule has 22 heavy (non-hydrogen) atoms. The Morgan fingerprint density at radius 2 is 1.77 bits per heavy atom. The normalized spacial score (nSPS) is 10.5. The predicted molar refractivity (Wildman–Crippen MR) is 101 cm³/mol. The fourth-order valence-electron chi connectivity index (χ4n) is 2.17. The molecule has 0 saturated carbocycles. The van der Waals surface area contributed by atoms with Gasteiger partial charge in [0.1, 0.15) is 5.75 Å². The van der Waals surface area contributed by atoms with E-state index in [4.69, 9.17) is 4.74 Å². The summed E-state index contributed by atoms with van der Waals surface area (Å²) in [6.07, 6.45) is 2.06. The van der Waals surface area contributed by atoms with Crippen molar-refractivity contribution in [3.8, 4) is 5.75 Å². The number of rotatable bonds is 7. The van der Waals surface area contributed by atoms with Gasteiger partial charge in [-0.1, -0.05) is 41.9 Å². The van der Waals surface area contributed by atoms with Crippen molar-refractivity contribution in [3.63, 3.8) is 0 Å². The molecule has 1 N–H and O–H groups in total. The van der Waals surface area contributed by atoms with Crippen molar-refractivity contribution in [1.29, 1.82) is 0 Å². The number of anilines is 1. The molecule has 2 aromatic rings. The monoisotopic (exact) mass is 425 g/mol. The van der Waals surface area contributed by atoms with E-state index >= 15 is 0 Å². The Hall–Kier alpha value is -1.00. The van der Waals surface area contributed by atoms with E-state index < -0.39 is 0 Å². The Balaban J connectivity index is 2.13. The van der Waals surface area contributed by atoms with Gasteiger partial charge in [0, 0.05) is 22.3 Å². The standard InChI is InChI=1S/C18H21Br2NO/c1-3-9-22-18-14(10-15(19)11-17(18)20)12-21-16-7-5-13(4-2)6-8-16/h5-8,10-11,21H,3-4,9,12H2,1-2H3. The summed E-state index contributed by atoms with van der Waals surface area (Å²) in [7, 11) is 0. The smallest absolute Gasteiger partial charge is 0.138 e. The molecule has 0 bridgehead atoms. The summed E-state index contributed by atoms with van der Waals surface area (Å²) < 4.78 is 7.91. The Labute approximate surface area is 149 Å². The molecule has 118 valence electrons. The fraction of sp³-hybridized carbons (Fsp3) is 0.333. The molecule has 0 aliphatic rings. The van der Waals surface area contributed by atoms with Crippen LogP contribution in [0.4, 0.5) is 5.69 Å². The second-order valence-corrected chi connectivity index (χ2v) is 6.90. The van der Waals surface area contributed by atoms with E-state index in [0.717, 1.165) is 51.9 Å². The Bertz CT molecular complexity index is 611. The maximum Gasteiger partial charge on any atom is 0.138 e. The van der Waals surface area contributed by atoms with Crippen molar-refractivity contribution >= 4 is 37.5 Å². The molecule has 0 heterocycles. The van der Waals surface area contributed by atoms with Crippen molar-refractivity contribution in [2.75, 3.05) is 11.9 Å². The third-order valence-electron chi connectivity index (χ3n) is 3.38. The Kier molecular flexibility index (Phi) is 6.77. The van der Waals surface area contributed by atoms with Crippen LogP contribution in [-0.2, 0) is 13.0 Å². The number of benzene rings is 2. The highest BCUT2D eigenvalue weighted by atomic mass is 79.9. The maximum absolute atomic E-state index is 5.89. The summed E-state index contributed by atoms with van der Waals surface area (Å²) in [5.41, 5.74) is 3.60.